The van der Waals surface area contributed by atoms with Crippen molar-refractivity contribution in [3.8, 4) is 0 Å². The van der Waals surface area contributed by atoms with E-state index < -0.39 is 37.2 Å². The van der Waals surface area contributed by atoms with Crippen LogP contribution in [0.1, 0.15) is 58.7 Å². The molecule has 0 aliphatic heterocycles. The molecule has 0 radical (unpaired) electrons. The number of carboxylic acid groups (broad SMARTS) is 1. The number of phosphoric ester groups is 1. The van der Waals surface area contributed by atoms with E-state index in [4.69, 9.17) is 18.7 Å². The summed E-state index contributed by atoms with van der Waals surface area (Å²) in [6, 6.07) is 18.9. The summed E-state index contributed by atoms with van der Waals surface area (Å²) in [4.78, 5) is 76.6. The lowest BCUT2D eigenvalue weighted by molar-refractivity contribution is -0.137. The van der Waals surface area contributed by atoms with Crippen molar-refractivity contribution in [3.63, 3.8) is 0 Å². The van der Waals surface area contributed by atoms with Gasteiger partial charge in [-0.3, -0.25) is 37.7 Å². The lowest BCUT2D eigenvalue weighted by Gasteiger charge is -2.16. The second-order valence-electron chi connectivity index (χ2n) is 11.9. The van der Waals surface area contributed by atoms with Crippen LogP contribution in [0.2, 0.25) is 0 Å². The number of carbonyl (C=O) groups is 4. The van der Waals surface area contributed by atoms with Crippen molar-refractivity contribution in [1.82, 2.24) is 25.3 Å². The molecule has 0 aliphatic rings. The first-order valence-electron chi connectivity index (χ1n) is 17.4. The number of nitrogens with one attached hydrogen (secondary N) is 5. The first-order chi connectivity index (χ1) is 27.0. The molecule has 0 bridgehead atoms. The quantitative estimate of drug-likeness (QED) is 0.0439. The molecular weight excluding hydrogens is 747 g/mol. The van der Waals surface area contributed by atoms with E-state index in [0.717, 1.165) is 0 Å². The predicted octanol–water partition coefficient (Wildman–Crippen LogP) is 5.18. The molecule has 3 aromatic carbocycles. The molecule has 1 unspecified atom stereocenters. The highest BCUT2D eigenvalue weighted by molar-refractivity contribution is 7.48. The Labute approximate surface area is 320 Å². The number of aromatic amines is 1. The molecule has 56 heavy (non-hydrogen) atoms. The SMILES string of the molecule is CCOP(=O)(OCC)OCc1ccc(NC(=O)c2ccccc2Nc2nc3ncc(CNc4ccc(C(=O)NC(C=O)CCC(=O)O)cc4)nc3c(=O)[nH]2)cc1. The van der Waals surface area contributed by atoms with Gasteiger partial charge >= 0.3 is 13.8 Å². The Balaban J connectivity index is 1.19. The number of amides is 2. The van der Waals surface area contributed by atoms with Gasteiger partial charge < -0.3 is 31.2 Å². The predicted molar refractivity (Wildman–Crippen MR) is 206 cm³/mol. The summed E-state index contributed by atoms with van der Waals surface area (Å²) >= 11 is 0. The summed E-state index contributed by atoms with van der Waals surface area (Å²) in [5.74, 6) is -1.99. The Morgan fingerprint density at radius 2 is 1.61 bits per heavy atom. The molecule has 2 amide bonds. The number of para-hydroxylation sites is 1. The Bertz CT molecular complexity index is 2280. The standard InChI is InChI=1S/C37H39N8O10P/c1-3-53-56(52,54-4-2)55-22-23-9-13-26(14-10-23)41-35(50)29-7-5-6-8-30(29)43-37-44-33-32(36(51)45-37)40-28(20-39-33)19-38-25-15-11-24(12-16-25)34(49)42-27(21-46)17-18-31(47)48/h5-16,20-21,27,38H,3-4,17-19,22H2,1-2H3,(H,41,50)(H,42,49)(H,47,48)(H2,39,43,44,45,51). The van der Waals surface area contributed by atoms with Gasteiger partial charge in [0.25, 0.3) is 17.4 Å². The minimum atomic E-state index is -3.68. The molecule has 5 aromatic rings. The molecule has 0 fully saturated rings. The second kappa shape index (κ2) is 19.3. The van der Waals surface area contributed by atoms with Crippen LogP contribution >= 0.6 is 7.82 Å². The molecule has 2 aromatic heterocycles. The minimum absolute atomic E-state index is 0.00651. The fourth-order valence-corrected chi connectivity index (χ4v) is 6.28. The van der Waals surface area contributed by atoms with Crippen molar-refractivity contribution in [3.05, 3.63) is 112 Å². The van der Waals surface area contributed by atoms with Crippen LogP contribution in [-0.4, -0.2) is 68.4 Å². The average molecular weight is 787 g/mol. The van der Waals surface area contributed by atoms with Crippen molar-refractivity contribution >= 4 is 66.1 Å². The van der Waals surface area contributed by atoms with Crippen LogP contribution in [0.5, 0.6) is 0 Å². The molecule has 0 saturated heterocycles. The van der Waals surface area contributed by atoms with Crippen molar-refractivity contribution < 1.29 is 42.4 Å². The van der Waals surface area contributed by atoms with Crippen molar-refractivity contribution in [2.75, 3.05) is 29.2 Å². The number of carbonyl (C=O) groups excluding carboxylic acids is 3. The highest BCUT2D eigenvalue weighted by atomic mass is 31.2. The van der Waals surface area contributed by atoms with Crippen LogP contribution in [0, 0.1) is 0 Å². The van der Waals surface area contributed by atoms with E-state index in [-0.39, 0.29) is 67.4 Å². The number of fused-ring (bicyclic) bond motifs is 1. The maximum atomic E-state index is 13.3. The van der Waals surface area contributed by atoms with E-state index in [9.17, 15) is 28.5 Å². The van der Waals surface area contributed by atoms with Gasteiger partial charge in [0.05, 0.1) is 55.5 Å². The number of carboxylic acids is 1. The number of nitrogens with zero attached hydrogens (tertiary/aromatic N) is 3. The maximum absolute atomic E-state index is 13.3. The summed E-state index contributed by atoms with van der Waals surface area (Å²) in [5, 5.41) is 20.3. The van der Waals surface area contributed by atoms with Crippen LogP contribution in [0.4, 0.5) is 23.0 Å². The molecule has 1 atom stereocenters. The van der Waals surface area contributed by atoms with E-state index in [1.165, 1.54) is 18.3 Å². The fraction of sp³-hybridized carbons (Fsp3) is 0.243. The molecule has 6 N–H and O–H groups in total. The van der Waals surface area contributed by atoms with Gasteiger partial charge in [0.2, 0.25) is 5.95 Å². The first-order valence-corrected chi connectivity index (χ1v) is 18.8. The number of hydrogen-bond acceptors (Lipinski definition) is 14. The number of aliphatic carboxylic acids is 1. The smallest absolute Gasteiger partial charge is 0.475 e. The molecule has 292 valence electrons. The Morgan fingerprint density at radius 3 is 2.29 bits per heavy atom. The number of benzene rings is 3. The topological polar surface area (TPSA) is 253 Å². The van der Waals surface area contributed by atoms with Crippen molar-refractivity contribution in [1.29, 1.82) is 0 Å². The highest BCUT2D eigenvalue weighted by Crippen LogP contribution is 2.49. The third kappa shape index (κ3) is 11.3. The largest absolute Gasteiger partial charge is 0.481 e. The van der Waals surface area contributed by atoms with Crippen molar-refractivity contribution in [2.45, 2.75) is 45.9 Å². The number of anilines is 4. The van der Waals surface area contributed by atoms with Gasteiger partial charge in [-0.05, 0) is 74.4 Å². The zero-order valence-corrected chi connectivity index (χ0v) is 31.2. The maximum Gasteiger partial charge on any atom is 0.475 e. The van der Waals surface area contributed by atoms with Gasteiger partial charge in [-0.25, -0.2) is 14.5 Å². The molecule has 5 rings (SSSR count). The number of rotatable bonds is 20. The Morgan fingerprint density at radius 1 is 0.911 bits per heavy atom. The summed E-state index contributed by atoms with van der Waals surface area (Å²) in [5.41, 5.74) is 2.62. The van der Waals surface area contributed by atoms with Crippen LogP contribution in [0.15, 0.2) is 83.8 Å². The molecule has 0 spiro atoms. The van der Waals surface area contributed by atoms with Gasteiger partial charge in [0.15, 0.2) is 11.2 Å². The third-order valence-electron chi connectivity index (χ3n) is 7.84. The highest BCUT2D eigenvalue weighted by Gasteiger charge is 2.25. The van der Waals surface area contributed by atoms with Gasteiger partial charge in [-0.2, -0.15) is 4.98 Å². The number of hydrogen-bond donors (Lipinski definition) is 6. The summed E-state index contributed by atoms with van der Waals surface area (Å²) in [6.07, 6.45) is 1.68. The van der Waals surface area contributed by atoms with Crippen LogP contribution in [0.3, 0.4) is 0 Å². The first kappa shape index (κ1) is 40.8. The molecule has 18 nitrogen and oxygen atoms in total. The van der Waals surface area contributed by atoms with Gasteiger partial charge in [0, 0.05) is 23.4 Å². The van der Waals surface area contributed by atoms with E-state index in [1.807, 2.05) is 0 Å². The summed E-state index contributed by atoms with van der Waals surface area (Å²) in [6.45, 7) is 3.86. The Kier molecular flexibility index (Phi) is 14.1. The van der Waals surface area contributed by atoms with Crippen LogP contribution < -0.4 is 26.8 Å². The molecule has 0 aliphatic carbocycles. The number of phosphoric acid groups is 1. The molecule has 0 saturated carbocycles. The monoisotopic (exact) mass is 786 g/mol. The lowest BCUT2D eigenvalue weighted by Crippen LogP contribution is -2.36. The van der Waals surface area contributed by atoms with Gasteiger partial charge in [-0.15, -0.1) is 0 Å². The molecular formula is C37H39N8O10P. The van der Waals surface area contributed by atoms with E-state index in [0.29, 0.717) is 34.6 Å². The minimum Gasteiger partial charge on any atom is -0.481 e. The second-order valence-corrected chi connectivity index (χ2v) is 13.6. The number of aromatic nitrogens is 4. The molecule has 19 heteroatoms. The lowest BCUT2D eigenvalue weighted by atomic mass is 10.1. The summed E-state index contributed by atoms with van der Waals surface area (Å²) < 4.78 is 28.3. The Hall–Kier alpha value is -6.33. The van der Waals surface area contributed by atoms with Crippen LogP contribution in [0.25, 0.3) is 11.2 Å². The fourth-order valence-electron chi connectivity index (χ4n) is 5.12. The van der Waals surface area contributed by atoms with Gasteiger partial charge in [-0.1, -0.05) is 24.3 Å². The third-order valence-corrected chi connectivity index (χ3v) is 9.43. The van der Waals surface area contributed by atoms with E-state index in [2.05, 4.69) is 41.2 Å². The summed E-state index contributed by atoms with van der Waals surface area (Å²) in [7, 11) is -3.68. The van der Waals surface area contributed by atoms with Gasteiger partial charge in [0.1, 0.15) is 6.29 Å². The number of aldehydes is 1. The average Bonchev–Trinajstić information content (AvgIpc) is 3.19. The van der Waals surface area contributed by atoms with E-state index >= 15 is 0 Å². The zero-order chi connectivity index (χ0) is 40.1. The van der Waals surface area contributed by atoms with E-state index in [1.54, 1.807) is 74.5 Å². The number of H-pyrrole nitrogens is 1. The van der Waals surface area contributed by atoms with Crippen LogP contribution in [-0.2, 0) is 40.9 Å². The van der Waals surface area contributed by atoms with Crippen molar-refractivity contribution in [2.24, 2.45) is 0 Å². The zero-order valence-electron chi connectivity index (χ0n) is 30.3. The normalized spacial score (nSPS) is 11.8. The molecule has 2 heterocycles.